The van der Waals surface area contributed by atoms with Crippen LogP contribution >= 0.6 is 0 Å². The Balaban J connectivity index is 1.11. The predicted molar refractivity (Wildman–Crippen MR) is 188 cm³/mol. The molecule has 9 aromatic rings. The Morgan fingerprint density at radius 1 is 0.468 bits per heavy atom. The Hall–Kier alpha value is -6.09. The highest BCUT2D eigenvalue weighted by molar-refractivity contribution is 6.56. The number of furan rings is 1. The average molecular weight is 608 g/mol. The van der Waals surface area contributed by atoms with Gasteiger partial charge in [0.25, 0.3) is 0 Å². The Kier molecular flexibility index (Phi) is 6.24. The van der Waals surface area contributed by atoms with E-state index in [-0.39, 0.29) is 5.72 Å². The van der Waals surface area contributed by atoms with E-state index in [0.717, 1.165) is 55.3 Å². The van der Waals surface area contributed by atoms with E-state index in [1.165, 1.54) is 10.8 Å². The number of benzene rings is 6. The van der Waals surface area contributed by atoms with Crippen LogP contribution in [-0.2, 0) is 0 Å². The van der Waals surface area contributed by atoms with E-state index in [4.69, 9.17) is 9.40 Å². The van der Waals surface area contributed by atoms with Crippen LogP contribution in [0.2, 0.25) is 0 Å². The summed E-state index contributed by atoms with van der Waals surface area (Å²) in [6, 6.07) is 47.0. The number of para-hydroxylation sites is 3. The van der Waals surface area contributed by atoms with E-state index >= 15 is 0 Å². The molecule has 0 amide bonds. The highest BCUT2D eigenvalue weighted by Crippen LogP contribution is 2.36. The summed E-state index contributed by atoms with van der Waals surface area (Å²) in [7, 11) is -1.85. The molecule has 9 rings (SSSR count). The van der Waals surface area contributed by atoms with E-state index in [0.29, 0.717) is 17.2 Å². The minimum Gasteiger partial charge on any atom is -0.456 e. The van der Waals surface area contributed by atoms with Gasteiger partial charge in [0.05, 0.1) is 11.0 Å². The highest BCUT2D eigenvalue weighted by Gasteiger charge is 2.21. The zero-order chi connectivity index (χ0) is 31.5. The Morgan fingerprint density at radius 3 is 1.87 bits per heavy atom. The summed E-state index contributed by atoms with van der Waals surface area (Å²) in [6.07, 6.45) is 0. The van der Waals surface area contributed by atoms with Gasteiger partial charge in [-0.15, -0.1) is 0 Å². The second-order valence-corrected chi connectivity index (χ2v) is 11.5. The van der Waals surface area contributed by atoms with Gasteiger partial charge in [-0.05, 0) is 65.7 Å². The molecule has 0 fully saturated rings. The molecule has 3 heterocycles. The first-order chi connectivity index (χ1) is 23.1. The van der Waals surface area contributed by atoms with E-state index in [1.807, 2.05) is 72.8 Å². The van der Waals surface area contributed by atoms with Crippen LogP contribution < -0.4 is 5.72 Å². The topological polar surface area (TPSA) is 97.2 Å². The zero-order valence-electron chi connectivity index (χ0n) is 24.9. The van der Waals surface area contributed by atoms with E-state index in [2.05, 4.69) is 81.3 Å². The third-order valence-corrected chi connectivity index (χ3v) is 8.68. The van der Waals surface area contributed by atoms with Gasteiger partial charge >= 0.3 is 7.12 Å². The van der Waals surface area contributed by atoms with Gasteiger partial charge in [0.1, 0.15) is 11.2 Å². The fourth-order valence-corrected chi connectivity index (χ4v) is 6.45. The van der Waals surface area contributed by atoms with Crippen LogP contribution in [0.4, 0.5) is 0 Å². The number of rotatable bonds is 5. The summed E-state index contributed by atoms with van der Waals surface area (Å²) < 4.78 is 8.28. The molecule has 0 aliphatic carbocycles. The minimum absolute atomic E-state index is 0.119. The van der Waals surface area contributed by atoms with Crippen molar-refractivity contribution < 1.29 is 14.5 Å². The molecule has 2 N–H and O–H groups in total. The lowest BCUT2D eigenvalue weighted by Gasteiger charge is -2.09. The molecule has 0 aliphatic rings. The van der Waals surface area contributed by atoms with Gasteiger partial charge in [-0.25, -0.2) is 15.0 Å². The molecule has 0 saturated heterocycles. The average Bonchev–Trinajstić information content (AvgIpc) is 3.67. The fraction of sp³-hybridized carbons (Fsp3) is 0. The fourth-order valence-electron chi connectivity index (χ4n) is 6.45. The van der Waals surface area contributed by atoms with Crippen LogP contribution in [0.25, 0.3) is 83.3 Å². The predicted octanol–water partition coefficient (Wildman–Crippen LogP) is 7.55. The molecule has 0 atom stereocenters. The van der Waals surface area contributed by atoms with Crippen molar-refractivity contribution in [2.45, 2.75) is 0 Å². The normalized spacial score (nSPS) is 11.6. The number of hydrogen-bond donors (Lipinski definition) is 2. The van der Waals surface area contributed by atoms with Gasteiger partial charge in [0, 0.05) is 38.4 Å². The van der Waals surface area contributed by atoms with Crippen molar-refractivity contribution in [3.63, 3.8) is 0 Å². The lowest BCUT2D eigenvalue weighted by atomic mass is 9.90. The van der Waals surface area contributed by atoms with Gasteiger partial charge in [0.15, 0.2) is 17.4 Å². The van der Waals surface area contributed by atoms with Crippen LogP contribution in [0.15, 0.2) is 144 Å². The van der Waals surface area contributed by atoms with Crippen molar-refractivity contribution in [3.05, 3.63) is 140 Å². The lowest BCUT2D eigenvalue weighted by molar-refractivity contribution is 0.422. The summed E-state index contributed by atoms with van der Waals surface area (Å²) >= 11 is 0. The van der Waals surface area contributed by atoms with Crippen LogP contribution in [0.1, 0.15) is 0 Å². The van der Waals surface area contributed by atoms with Crippen molar-refractivity contribution in [2.75, 3.05) is 0 Å². The molecule has 3 aromatic heterocycles. The zero-order valence-corrected chi connectivity index (χ0v) is 24.9. The standard InChI is InChI=1S/C39H25BN4O3/c45-40(46)39-42-37(41-38(43-39)27-19-21-36-32(23-27)30-11-5-7-13-35(30)47-36)25-16-14-24(15-17-25)26-18-20-34-31(22-26)29-10-4-6-12-33(29)44(34)28-8-2-1-3-9-28/h1-23,45-46H. The molecule has 0 spiro atoms. The second-order valence-electron chi connectivity index (χ2n) is 11.5. The minimum atomic E-state index is -1.85. The first-order valence-corrected chi connectivity index (χ1v) is 15.3. The summed E-state index contributed by atoms with van der Waals surface area (Å²) in [5.41, 5.74) is 8.44. The summed E-state index contributed by atoms with van der Waals surface area (Å²) in [5.74, 6) is 0.692. The maximum absolute atomic E-state index is 10.1. The molecule has 0 unspecified atom stereocenters. The number of nitrogens with zero attached hydrogens (tertiary/aromatic N) is 4. The monoisotopic (exact) mass is 608 g/mol. The molecule has 8 heteroatoms. The smallest absolute Gasteiger partial charge is 0.456 e. The number of aromatic nitrogens is 4. The first kappa shape index (κ1) is 27.2. The van der Waals surface area contributed by atoms with Crippen LogP contribution in [0, 0.1) is 0 Å². The van der Waals surface area contributed by atoms with Crippen LogP contribution in [0.5, 0.6) is 0 Å². The third-order valence-electron chi connectivity index (χ3n) is 8.68. The summed E-state index contributed by atoms with van der Waals surface area (Å²) in [6.45, 7) is 0. The lowest BCUT2D eigenvalue weighted by Crippen LogP contribution is -2.36. The molecule has 47 heavy (non-hydrogen) atoms. The molecule has 0 saturated carbocycles. The van der Waals surface area contributed by atoms with Gasteiger partial charge in [-0.3, -0.25) is 0 Å². The van der Waals surface area contributed by atoms with Crippen molar-refractivity contribution in [2.24, 2.45) is 0 Å². The maximum Gasteiger partial charge on any atom is 0.528 e. The molecule has 0 radical (unpaired) electrons. The molecule has 0 aliphatic heterocycles. The van der Waals surface area contributed by atoms with E-state index in [9.17, 15) is 10.0 Å². The Labute approximate surface area is 269 Å². The molecule has 7 nitrogen and oxygen atoms in total. The van der Waals surface area contributed by atoms with Gasteiger partial charge in [0.2, 0.25) is 0 Å². The summed E-state index contributed by atoms with van der Waals surface area (Å²) in [4.78, 5) is 13.5. The third kappa shape index (κ3) is 4.58. The van der Waals surface area contributed by atoms with Gasteiger partial charge in [-0.2, -0.15) is 0 Å². The first-order valence-electron chi connectivity index (χ1n) is 15.3. The molecular formula is C39H25BN4O3. The van der Waals surface area contributed by atoms with Gasteiger partial charge in [-0.1, -0.05) is 84.9 Å². The quantitative estimate of drug-likeness (QED) is 0.196. The van der Waals surface area contributed by atoms with Crippen LogP contribution in [-0.4, -0.2) is 36.7 Å². The van der Waals surface area contributed by atoms with Crippen molar-refractivity contribution in [3.8, 4) is 39.6 Å². The van der Waals surface area contributed by atoms with Crippen LogP contribution in [0.3, 0.4) is 0 Å². The SMILES string of the molecule is OB(O)c1nc(-c2ccc(-c3ccc4c(c3)c3ccccc3n4-c3ccccc3)cc2)nc(-c2ccc3oc4ccccc4c3c2)n1. The highest BCUT2D eigenvalue weighted by atomic mass is 16.4. The number of fused-ring (bicyclic) bond motifs is 6. The summed E-state index contributed by atoms with van der Waals surface area (Å²) in [5, 5.41) is 24.4. The Bertz CT molecular complexity index is 2610. The van der Waals surface area contributed by atoms with Crippen molar-refractivity contribution >= 4 is 56.6 Å². The molecule has 6 aromatic carbocycles. The van der Waals surface area contributed by atoms with Crippen molar-refractivity contribution in [1.29, 1.82) is 0 Å². The van der Waals surface area contributed by atoms with Gasteiger partial charge < -0.3 is 19.0 Å². The largest absolute Gasteiger partial charge is 0.528 e. The molecular weight excluding hydrogens is 583 g/mol. The second kappa shape index (κ2) is 10.8. The number of hydrogen-bond acceptors (Lipinski definition) is 6. The molecule has 222 valence electrons. The molecule has 0 bridgehead atoms. The van der Waals surface area contributed by atoms with Crippen molar-refractivity contribution in [1.82, 2.24) is 19.5 Å². The Morgan fingerprint density at radius 2 is 1.06 bits per heavy atom. The maximum atomic E-state index is 10.1. The van der Waals surface area contributed by atoms with E-state index < -0.39 is 7.12 Å². The van der Waals surface area contributed by atoms with E-state index in [1.54, 1.807) is 0 Å².